The van der Waals surface area contributed by atoms with E-state index in [0.717, 1.165) is 238 Å². The van der Waals surface area contributed by atoms with Gasteiger partial charge in [0.1, 0.15) is 33.5 Å². The van der Waals surface area contributed by atoms with Crippen LogP contribution in [0.2, 0.25) is 0 Å². The maximum absolute atomic E-state index is 6.18. The van der Waals surface area contributed by atoms with Crippen LogP contribution in [0.5, 0.6) is 0 Å². The Morgan fingerprint density at radius 3 is 0.814 bits per heavy atom. The predicted octanol–water partition coefficient (Wildman–Crippen LogP) is 34.8. The average Bonchev–Trinajstić information content (AvgIpc) is 1.75. The summed E-state index contributed by atoms with van der Waals surface area (Å²) in [5, 5.41) is 23.4. The van der Waals surface area contributed by atoms with Crippen LogP contribution in [0.3, 0.4) is 0 Å². The van der Waals surface area contributed by atoms with E-state index in [9.17, 15) is 0 Å². The molecule has 0 amide bonds. The van der Waals surface area contributed by atoms with Crippen LogP contribution in [-0.4, -0.2) is 39.9 Å². The molecule has 0 unspecified atom stereocenters. The Bertz CT molecular complexity index is 10200. The number of furan rings is 3. The monoisotopic (exact) mass is 1800 g/mol. The molecule has 652 valence electrons. The molecular weight excluding hydrogens is 1730 g/mol. The molecule has 22 aromatic carbocycles. The summed E-state index contributed by atoms with van der Waals surface area (Å²) in [6, 6.07) is 159. The highest BCUT2D eigenvalue weighted by Crippen LogP contribution is 2.46. The molecule has 0 N–H and O–H groups in total. The van der Waals surface area contributed by atoms with Crippen molar-refractivity contribution in [3.05, 3.63) is 461 Å². The van der Waals surface area contributed by atoms with E-state index in [2.05, 4.69) is 309 Å². The second kappa shape index (κ2) is 33.8. The molecule has 0 saturated carbocycles. The molecule has 0 fully saturated rings. The lowest BCUT2D eigenvalue weighted by molar-refractivity contribution is 0.669. The minimum absolute atomic E-state index is 0.876. The van der Waals surface area contributed by atoms with Crippen molar-refractivity contribution in [2.45, 2.75) is 0 Å². The Labute approximate surface area is 804 Å². The second-order valence-electron chi connectivity index (χ2n) is 35.4. The van der Waals surface area contributed by atoms with Crippen LogP contribution in [0.4, 0.5) is 0 Å². The first-order chi connectivity index (χ1) is 69.3. The Morgan fingerprint density at radius 1 is 0.143 bits per heavy atom. The minimum atomic E-state index is 0.876. The third-order valence-corrected chi connectivity index (χ3v) is 28.0. The number of aromatic nitrogens is 8. The van der Waals surface area contributed by atoms with Gasteiger partial charge in [-0.25, -0.2) is 39.9 Å². The zero-order chi connectivity index (χ0) is 92.2. The Morgan fingerprint density at radius 2 is 0.421 bits per heavy atom. The standard InChI is InChI=1S/2C34H20N2O.C30H18N2O.C30H18N2S/c1-2-9-22(10-3-1)32-33(35-29-17-16-21-8-4-5-11-26(21)34(29)36-32)24-15-14-23-19-28-27-12-6-7-13-30(27)37-31(28)20-25(23)18-24;1-2-9-22(10-3-1)32-33(36-34-26-11-5-4-8-21(26)16-17-29(34)35-32)24-15-14-23-19-28-27-12-6-7-13-30(27)37-31(28)20-25(23)18-24;1-2-8-19(9-3-1)29-30(32-26-12-6-5-11-25(26)31-29)21-15-14-20-17-24-23-10-4-7-13-27(23)33-28(24)18-22(20)16-21;1-2-8-20(9-3-1)29-30(32-25-12-6-5-11-24(25)31-29)21-15-14-19-16-17-27-28(23(19)18-21)22-10-4-7-13-26(22)33-27/h2*1-20H;2*1-18H. The van der Waals surface area contributed by atoms with Crippen molar-refractivity contribution in [1.29, 1.82) is 0 Å². The van der Waals surface area contributed by atoms with Gasteiger partial charge in [-0.2, -0.15) is 0 Å². The van der Waals surface area contributed by atoms with Gasteiger partial charge in [-0.1, -0.05) is 334 Å². The van der Waals surface area contributed by atoms with Crippen LogP contribution in [-0.2, 0) is 0 Å². The quantitative estimate of drug-likeness (QED) is 0.134. The lowest BCUT2D eigenvalue weighted by Crippen LogP contribution is -1.96. The van der Waals surface area contributed by atoms with Gasteiger partial charge in [-0.05, 0) is 181 Å². The van der Waals surface area contributed by atoms with Crippen LogP contribution in [0.15, 0.2) is 474 Å². The molecule has 0 spiro atoms. The van der Waals surface area contributed by atoms with E-state index in [1.54, 1.807) is 0 Å². The fourth-order valence-corrected chi connectivity index (χ4v) is 21.2. The number of nitrogens with zero attached hydrogens (tertiary/aromatic N) is 8. The van der Waals surface area contributed by atoms with Crippen LogP contribution >= 0.6 is 11.3 Å². The zero-order valence-electron chi connectivity index (χ0n) is 75.1. The van der Waals surface area contributed by atoms with E-state index in [-0.39, 0.29) is 0 Å². The van der Waals surface area contributed by atoms with Gasteiger partial charge in [0.05, 0.1) is 89.7 Å². The molecule has 30 rings (SSSR count). The number of rotatable bonds is 8. The lowest BCUT2D eigenvalue weighted by Gasteiger charge is -2.13. The molecule has 0 aliphatic heterocycles. The van der Waals surface area contributed by atoms with Crippen LogP contribution in [0.25, 0.3) is 285 Å². The molecule has 0 saturated heterocycles. The highest BCUT2D eigenvalue weighted by molar-refractivity contribution is 7.26. The summed E-state index contributed by atoms with van der Waals surface area (Å²) in [5.41, 5.74) is 28.2. The fraction of sp³-hybridized carbons (Fsp3) is 0. The van der Waals surface area contributed by atoms with Gasteiger partial charge < -0.3 is 13.3 Å². The van der Waals surface area contributed by atoms with Gasteiger partial charge in [0.2, 0.25) is 0 Å². The van der Waals surface area contributed by atoms with Crippen LogP contribution in [0.1, 0.15) is 0 Å². The maximum atomic E-state index is 6.18. The average molecular weight is 1810 g/mol. The minimum Gasteiger partial charge on any atom is -0.456 e. The summed E-state index contributed by atoms with van der Waals surface area (Å²) in [6.45, 7) is 0. The summed E-state index contributed by atoms with van der Waals surface area (Å²) in [5.74, 6) is 0. The molecule has 11 nitrogen and oxygen atoms in total. The number of para-hydroxylation sites is 7. The van der Waals surface area contributed by atoms with Crippen molar-refractivity contribution < 1.29 is 13.3 Å². The van der Waals surface area contributed by atoms with E-state index in [1.165, 1.54) is 47.1 Å². The first kappa shape index (κ1) is 81.0. The number of hydrogen-bond acceptors (Lipinski definition) is 12. The summed E-state index contributed by atoms with van der Waals surface area (Å²) < 4.78 is 21.1. The Kier molecular flexibility index (Phi) is 19.5. The highest BCUT2D eigenvalue weighted by atomic mass is 32.1. The third-order valence-electron chi connectivity index (χ3n) is 26.9. The molecule has 0 aliphatic rings. The molecule has 0 aliphatic carbocycles. The smallest absolute Gasteiger partial charge is 0.136 e. The second-order valence-corrected chi connectivity index (χ2v) is 36.5. The predicted molar refractivity (Wildman–Crippen MR) is 581 cm³/mol. The molecule has 0 atom stereocenters. The third kappa shape index (κ3) is 14.4. The SMILES string of the molecule is c1ccc(-c2nc3c(ccc4ccccc43)nc2-c2ccc3cc4c(cc3c2)oc2ccccc24)cc1.c1ccc(-c2nc3ccc4ccccc4c3nc2-c2ccc3cc4c(cc3c2)oc2ccccc24)cc1.c1ccc(-c2nc3ccccc3nc2-c2ccc3cc4c(cc3c2)oc2ccccc24)cc1.c1ccc(-c2nc3ccccc3nc2-c2ccc3ccc4sc5ccccc5c4c3c2)cc1. The van der Waals surface area contributed by atoms with Gasteiger partial charge in [0, 0.05) is 108 Å². The number of thiophene rings is 1. The number of benzene rings is 22. The van der Waals surface area contributed by atoms with Crippen molar-refractivity contribution in [1.82, 2.24) is 39.9 Å². The van der Waals surface area contributed by atoms with Crippen molar-refractivity contribution in [2.24, 2.45) is 0 Å². The van der Waals surface area contributed by atoms with Gasteiger partial charge >= 0.3 is 0 Å². The van der Waals surface area contributed by atoms with E-state index in [0.29, 0.717) is 0 Å². The summed E-state index contributed by atoms with van der Waals surface area (Å²) in [4.78, 5) is 41.0. The molecule has 12 heteroatoms. The highest BCUT2D eigenvalue weighted by Gasteiger charge is 2.24. The lowest BCUT2D eigenvalue weighted by atomic mass is 9.98. The summed E-state index contributed by atoms with van der Waals surface area (Å²) in [6.07, 6.45) is 0. The number of hydrogen-bond donors (Lipinski definition) is 0. The largest absolute Gasteiger partial charge is 0.456 e. The molecule has 0 bridgehead atoms. The van der Waals surface area contributed by atoms with Crippen molar-refractivity contribution in [2.75, 3.05) is 0 Å². The van der Waals surface area contributed by atoms with Crippen LogP contribution < -0.4 is 0 Å². The van der Waals surface area contributed by atoms with Crippen molar-refractivity contribution in [3.63, 3.8) is 0 Å². The Hall–Kier alpha value is -18.6. The molecule has 8 aromatic heterocycles. The topological polar surface area (TPSA) is 143 Å². The van der Waals surface area contributed by atoms with E-state index < -0.39 is 0 Å². The van der Waals surface area contributed by atoms with Gasteiger partial charge in [-0.15, -0.1) is 11.3 Å². The van der Waals surface area contributed by atoms with Crippen LogP contribution in [0, 0.1) is 0 Å². The van der Waals surface area contributed by atoms with E-state index in [4.69, 9.17) is 53.1 Å². The summed E-state index contributed by atoms with van der Waals surface area (Å²) >= 11 is 1.85. The number of fused-ring (bicyclic) bond motifs is 25. The Balaban J connectivity index is 0.0000000939. The van der Waals surface area contributed by atoms with E-state index in [1.807, 2.05) is 163 Å². The van der Waals surface area contributed by atoms with Crippen molar-refractivity contribution in [3.8, 4) is 90.1 Å². The zero-order valence-corrected chi connectivity index (χ0v) is 75.9. The van der Waals surface area contributed by atoms with Gasteiger partial charge in [-0.3, -0.25) is 0 Å². The summed E-state index contributed by atoms with van der Waals surface area (Å²) in [7, 11) is 0. The van der Waals surface area contributed by atoms with Crippen molar-refractivity contribution >= 4 is 206 Å². The van der Waals surface area contributed by atoms with Gasteiger partial charge in [0.15, 0.2) is 0 Å². The first-order valence-electron chi connectivity index (χ1n) is 46.9. The maximum Gasteiger partial charge on any atom is 0.136 e. The fourth-order valence-electron chi connectivity index (χ4n) is 20.1. The first-order valence-corrected chi connectivity index (χ1v) is 47.7. The van der Waals surface area contributed by atoms with E-state index >= 15 is 0 Å². The molecule has 140 heavy (non-hydrogen) atoms. The molecule has 0 radical (unpaired) electrons. The molecule has 30 aromatic rings. The van der Waals surface area contributed by atoms with Gasteiger partial charge in [0.25, 0.3) is 0 Å². The molecular formula is C128H76N8O3S. The normalized spacial score (nSPS) is 11.7. The molecule has 8 heterocycles.